The van der Waals surface area contributed by atoms with Crippen molar-refractivity contribution in [3.63, 3.8) is 0 Å². The zero-order valence-electron chi connectivity index (χ0n) is 19.3. The van der Waals surface area contributed by atoms with Crippen molar-refractivity contribution in [1.82, 2.24) is 4.90 Å². The van der Waals surface area contributed by atoms with Crippen molar-refractivity contribution in [1.29, 1.82) is 0 Å². The molecule has 0 spiro atoms. The molecule has 1 fully saturated rings. The molecule has 1 amide bonds. The summed E-state index contributed by atoms with van der Waals surface area (Å²) in [6, 6.07) is 24.3. The van der Waals surface area contributed by atoms with Gasteiger partial charge in [0.2, 0.25) is 0 Å². The second-order valence-electron chi connectivity index (χ2n) is 9.36. The monoisotopic (exact) mass is 455 g/mol. The van der Waals surface area contributed by atoms with Crippen molar-refractivity contribution in [2.75, 3.05) is 19.7 Å². The highest BCUT2D eigenvalue weighted by molar-refractivity contribution is 5.79. The molecule has 5 heteroatoms. The third-order valence-corrected chi connectivity index (χ3v) is 7.27. The van der Waals surface area contributed by atoms with Gasteiger partial charge >= 0.3 is 12.1 Å². The lowest BCUT2D eigenvalue weighted by Crippen LogP contribution is -2.41. The van der Waals surface area contributed by atoms with Crippen molar-refractivity contribution in [2.24, 2.45) is 5.92 Å². The third-order valence-electron chi connectivity index (χ3n) is 7.27. The van der Waals surface area contributed by atoms with Crippen LogP contribution in [0.3, 0.4) is 0 Å². The fourth-order valence-electron chi connectivity index (χ4n) is 5.58. The van der Waals surface area contributed by atoms with Crippen LogP contribution in [-0.4, -0.2) is 41.8 Å². The van der Waals surface area contributed by atoms with Crippen LogP contribution in [0.1, 0.15) is 46.9 Å². The number of piperidine rings is 1. The third kappa shape index (κ3) is 4.18. The lowest BCUT2D eigenvalue weighted by Gasteiger charge is -2.34. The largest absolute Gasteiger partial charge is 0.481 e. The number of likely N-dealkylation sites (tertiary alicyclic amines) is 1. The number of carbonyl (C=O) groups excluding carboxylic acids is 1. The van der Waals surface area contributed by atoms with Gasteiger partial charge in [-0.3, -0.25) is 4.79 Å². The predicted molar refractivity (Wildman–Crippen MR) is 131 cm³/mol. The van der Waals surface area contributed by atoms with Gasteiger partial charge in [0.25, 0.3) is 0 Å². The number of benzene rings is 3. The van der Waals surface area contributed by atoms with E-state index in [1.807, 2.05) is 55.5 Å². The standard InChI is InChI=1S/C29H29NO4/c1-19-7-6-8-21(17-19)27(28(31)32)20-13-15-30(16-14-20)29(33)34-18-26-24-11-4-2-9-22(24)23-10-3-5-12-25(23)26/h2-12,17,20,26-27H,13-16,18H2,1H3,(H,31,32). The summed E-state index contributed by atoms with van der Waals surface area (Å²) in [5, 5.41) is 9.91. The molecule has 1 N–H and O–H groups in total. The molecule has 2 aliphatic rings. The molecule has 0 bridgehead atoms. The lowest BCUT2D eigenvalue weighted by molar-refractivity contribution is -0.140. The van der Waals surface area contributed by atoms with Crippen molar-refractivity contribution in [3.8, 4) is 11.1 Å². The molecule has 3 aromatic rings. The van der Waals surface area contributed by atoms with Gasteiger partial charge < -0.3 is 14.7 Å². The molecule has 5 rings (SSSR count). The summed E-state index contributed by atoms with van der Waals surface area (Å²) in [7, 11) is 0. The number of carboxylic acid groups (broad SMARTS) is 1. The zero-order chi connectivity index (χ0) is 23.7. The molecule has 1 saturated heterocycles. The molecule has 174 valence electrons. The van der Waals surface area contributed by atoms with E-state index in [-0.39, 0.29) is 17.9 Å². The number of hydrogen-bond acceptors (Lipinski definition) is 3. The van der Waals surface area contributed by atoms with Crippen LogP contribution in [0.4, 0.5) is 4.79 Å². The number of amides is 1. The van der Waals surface area contributed by atoms with Gasteiger partial charge in [-0.1, -0.05) is 78.4 Å². The highest BCUT2D eigenvalue weighted by Gasteiger charge is 2.35. The predicted octanol–water partition coefficient (Wildman–Crippen LogP) is 5.82. The van der Waals surface area contributed by atoms with Crippen LogP contribution in [0.15, 0.2) is 72.8 Å². The number of rotatable bonds is 5. The van der Waals surface area contributed by atoms with Gasteiger partial charge in [-0.25, -0.2) is 4.79 Å². The molecule has 1 heterocycles. The molecule has 5 nitrogen and oxygen atoms in total. The van der Waals surface area contributed by atoms with Crippen LogP contribution in [0, 0.1) is 12.8 Å². The van der Waals surface area contributed by atoms with E-state index in [1.165, 1.54) is 22.3 Å². The number of ether oxygens (including phenoxy) is 1. The molecular formula is C29H29NO4. The quantitative estimate of drug-likeness (QED) is 0.526. The molecule has 34 heavy (non-hydrogen) atoms. The fourth-order valence-corrected chi connectivity index (χ4v) is 5.58. The van der Waals surface area contributed by atoms with E-state index in [4.69, 9.17) is 4.74 Å². The Morgan fingerprint density at radius 2 is 1.56 bits per heavy atom. The maximum Gasteiger partial charge on any atom is 0.409 e. The van der Waals surface area contributed by atoms with Crippen LogP contribution in [0.25, 0.3) is 11.1 Å². The number of nitrogens with zero attached hydrogens (tertiary/aromatic N) is 1. The summed E-state index contributed by atoms with van der Waals surface area (Å²) in [4.78, 5) is 26.7. The Balaban J connectivity index is 1.22. The fraction of sp³-hybridized carbons (Fsp3) is 0.310. The number of aryl methyl sites for hydroxylation is 1. The van der Waals surface area contributed by atoms with Crippen molar-refractivity contribution in [3.05, 3.63) is 95.1 Å². The summed E-state index contributed by atoms with van der Waals surface area (Å²) in [5.74, 6) is -1.32. The van der Waals surface area contributed by atoms with E-state index in [9.17, 15) is 14.7 Å². The van der Waals surface area contributed by atoms with Gasteiger partial charge in [-0.05, 0) is 53.5 Å². The molecule has 1 atom stereocenters. The number of fused-ring (bicyclic) bond motifs is 3. The van der Waals surface area contributed by atoms with Gasteiger partial charge in [0.1, 0.15) is 6.61 Å². The smallest absolute Gasteiger partial charge is 0.409 e. The zero-order valence-corrected chi connectivity index (χ0v) is 19.3. The van der Waals surface area contributed by atoms with Gasteiger partial charge in [0.15, 0.2) is 0 Å². The summed E-state index contributed by atoms with van der Waals surface area (Å²) in [6.07, 6.45) is 0.979. The van der Waals surface area contributed by atoms with Gasteiger partial charge in [0, 0.05) is 19.0 Å². The summed E-state index contributed by atoms with van der Waals surface area (Å²) in [6.45, 7) is 3.30. The lowest BCUT2D eigenvalue weighted by atomic mass is 9.80. The summed E-state index contributed by atoms with van der Waals surface area (Å²) in [5.41, 5.74) is 6.69. The Labute approximate surface area is 200 Å². The number of carbonyl (C=O) groups is 2. The molecule has 0 radical (unpaired) electrons. The van der Waals surface area contributed by atoms with E-state index < -0.39 is 11.9 Å². The maximum atomic E-state index is 12.9. The van der Waals surface area contributed by atoms with Crippen molar-refractivity contribution in [2.45, 2.75) is 31.6 Å². The Bertz CT molecular complexity index is 1170. The summed E-state index contributed by atoms with van der Waals surface area (Å²) < 4.78 is 5.79. The molecule has 0 aromatic heterocycles. The van der Waals surface area contributed by atoms with Crippen LogP contribution in [-0.2, 0) is 9.53 Å². The van der Waals surface area contributed by atoms with Gasteiger partial charge in [0.05, 0.1) is 5.92 Å². The minimum Gasteiger partial charge on any atom is -0.481 e. The van der Waals surface area contributed by atoms with E-state index in [0.717, 1.165) is 11.1 Å². The minimum absolute atomic E-state index is 0.00284. The highest BCUT2D eigenvalue weighted by atomic mass is 16.6. The van der Waals surface area contributed by atoms with E-state index in [2.05, 4.69) is 24.3 Å². The average molecular weight is 456 g/mol. The molecule has 1 aliphatic carbocycles. The normalized spacial score (nSPS) is 16.6. The molecule has 1 unspecified atom stereocenters. The number of hydrogen-bond donors (Lipinski definition) is 1. The first-order valence-electron chi connectivity index (χ1n) is 11.9. The maximum absolute atomic E-state index is 12.9. The Morgan fingerprint density at radius 1 is 0.941 bits per heavy atom. The Morgan fingerprint density at radius 3 is 2.15 bits per heavy atom. The van der Waals surface area contributed by atoms with Gasteiger partial charge in [-0.15, -0.1) is 0 Å². The molecular weight excluding hydrogens is 426 g/mol. The molecule has 3 aromatic carbocycles. The van der Waals surface area contributed by atoms with Crippen LogP contribution in [0.2, 0.25) is 0 Å². The second-order valence-corrected chi connectivity index (χ2v) is 9.36. The van der Waals surface area contributed by atoms with Gasteiger partial charge in [-0.2, -0.15) is 0 Å². The summed E-state index contributed by atoms with van der Waals surface area (Å²) >= 11 is 0. The first-order valence-corrected chi connectivity index (χ1v) is 11.9. The highest BCUT2D eigenvalue weighted by Crippen LogP contribution is 2.44. The van der Waals surface area contributed by atoms with Crippen molar-refractivity contribution < 1.29 is 19.4 Å². The number of carboxylic acids is 1. The van der Waals surface area contributed by atoms with E-state index in [1.54, 1.807) is 4.90 Å². The van der Waals surface area contributed by atoms with E-state index >= 15 is 0 Å². The van der Waals surface area contributed by atoms with Crippen LogP contribution < -0.4 is 0 Å². The van der Waals surface area contributed by atoms with Crippen LogP contribution in [0.5, 0.6) is 0 Å². The first-order chi connectivity index (χ1) is 16.5. The Kier molecular flexibility index (Phi) is 6.10. The second kappa shape index (κ2) is 9.34. The number of aliphatic carboxylic acids is 1. The molecule has 1 aliphatic heterocycles. The molecule has 0 saturated carbocycles. The average Bonchev–Trinajstić information content (AvgIpc) is 3.17. The van der Waals surface area contributed by atoms with Crippen molar-refractivity contribution >= 4 is 12.1 Å². The Hall–Kier alpha value is -3.60. The minimum atomic E-state index is -0.801. The van der Waals surface area contributed by atoms with Crippen LogP contribution >= 0.6 is 0 Å². The first kappa shape index (κ1) is 22.2. The topological polar surface area (TPSA) is 66.8 Å². The SMILES string of the molecule is Cc1cccc(C(C(=O)O)C2CCN(C(=O)OCC3c4ccccc4-c4ccccc43)CC2)c1. The van der Waals surface area contributed by atoms with E-state index in [0.29, 0.717) is 32.5 Å².